The first-order valence-corrected chi connectivity index (χ1v) is 7.27. The maximum atomic E-state index is 10.5. The Kier molecular flexibility index (Phi) is 6.99. The molecule has 0 spiro atoms. The van der Waals surface area contributed by atoms with Crippen LogP contribution in [0.5, 0.6) is 0 Å². The standard InChI is InChI=1S/C16H28N2O2/c1-12(2)15(17-10-5-11-19)16(20)13-6-8-14(9-7-13)18(3)4/h6-9,12,15-17,19-20H,5,10-11H2,1-4H3. The average Bonchev–Trinajstić information content (AvgIpc) is 2.42. The SMILES string of the molecule is CC(C)C(NCCCO)C(O)c1ccc(N(C)C)cc1. The molecule has 4 nitrogen and oxygen atoms in total. The van der Waals surface area contributed by atoms with E-state index in [4.69, 9.17) is 5.11 Å². The van der Waals surface area contributed by atoms with E-state index in [9.17, 15) is 5.11 Å². The molecule has 1 rings (SSSR count). The van der Waals surface area contributed by atoms with Crippen molar-refractivity contribution in [2.24, 2.45) is 5.92 Å². The summed E-state index contributed by atoms with van der Waals surface area (Å²) in [5, 5.41) is 22.7. The van der Waals surface area contributed by atoms with E-state index in [1.165, 1.54) is 0 Å². The highest BCUT2D eigenvalue weighted by Gasteiger charge is 2.23. The van der Waals surface area contributed by atoms with E-state index >= 15 is 0 Å². The molecule has 2 atom stereocenters. The Morgan fingerprint density at radius 3 is 2.20 bits per heavy atom. The zero-order valence-corrected chi connectivity index (χ0v) is 13.0. The summed E-state index contributed by atoms with van der Waals surface area (Å²) in [6, 6.07) is 7.98. The van der Waals surface area contributed by atoms with Gasteiger partial charge in [0.1, 0.15) is 0 Å². The summed E-state index contributed by atoms with van der Waals surface area (Å²) in [7, 11) is 4.00. The lowest BCUT2D eigenvalue weighted by Gasteiger charge is -2.28. The minimum Gasteiger partial charge on any atom is -0.396 e. The van der Waals surface area contributed by atoms with E-state index in [1.54, 1.807) is 0 Å². The molecule has 1 aromatic carbocycles. The Morgan fingerprint density at radius 1 is 1.15 bits per heavy atom. The van der Waals surface area contributed by atoms with Crippen molar-refractivity contribution in [3.05, 3.63) is 29.8 Å². The summed E-state index contributed by atoms with van der Waals surface area (Å²) in [6.07, 6.45) is 0.167. The monoisotopic (exact) mass is 280 g/mol. The van der Waals surface area contributed by atoms with Crippen molar-refractivity contribution in [2.45, 2.75) is 32.4 Å². The van der Waals surface area contributed by atoms with Gasteiger partial charge in [-0.15, -0.1) is 0 Å². The Bertz CT molecular complexity index is 377. The molecule has 0 bridgehead atoms. The van der Waals surface area contributed by atoms with E-state index in [1.807, 2.05) is 43.3 Å². The minimum atomic E-state index is -0.537. The fraction of sp³-hybridized carbons (Fsp3) is 0.625. The van der Waals surface area contributed by atoms with Crippen LogP contribution in [0.25, 0.3) is 0 Å². The summed E-state index contributed by atoms with van der Waals surface area (Å²) in [5.41, 5.74) is 2.04. The molecule has 4 heteroatoms. The van der Waals surface area contributed by atoms with Crippen LogP contribution in [0.4, 0.5) is 5.69 Å². The summed E-state index contributed by atoms with van der Waals surface area (Å²) >= 11 is 0. The first kappa shape index (κ1) is 17.0. The maximum absolute atomic E-state index is 10.5. The van der Waals surface area contributed by atoms with Crippen molar-refractivity contribution in [3.8, 4) is 0 Å². The van der Waals surface area contributed by atoms with E-state index in [0.717, 1.165) is 11.3 Å². The molecule has 0 aliphatic carbocycles. The van der Waals surface area contributed by atoms with Gasteiger partial charge in [0, 0.05) is 32.4 Å². The largest absolute Gasteiger partial charge is 0.396 e. The lowest BCUT2D eigenvalue weighted by molar-refractivity contribution is 0.104. The molecule has 0 radical (unpaired) electrons. The molecule has 20 heavy (non-hydrogen) atoms. The predicted molar refractivity (Wildman–Crippen MR) is 84.1 cm³/mol. The van der Waals surface area contributed by atoms with Gasteiger partial charge >= 0.3 is 0 Å². The van der Waals surface area contributed by atoms with Gasteiger partial charge in [-0.1, -0.05) is 26.0 Å². The Labute approximate surface area is 122 Å². The molecule has 0 aliphatic heterocycles. The van der Waals surface area contributed by atoms with E-state index in [2.05, 4.69) is 19.2 Å². The third kappa shape index (κ3) is 4.78. The van der Waals surface area contributed by atoms with E-state index in [0.29, 0.717) is 18.9 Å². The lowest BCUT2D eigenvalue weighted by atomic mass is 9.93. The van der Waals surface area contributed by atoms with Crippen molar-refractivity contribution >= 4 is 5.69 Å². The molecular weight excluding hydrogens is 252 g/mol. The van der Waals surface area contributed by atoms with Gasteiger partial charge in [0.2, 0.25) is 0 Å². The van der Waals surface area contributed by atoms with Gasteiger partial charge in [-0.3, -0.25) is 0 Å². The second-order valence-electron chi connectivity index (χ2n) is 5.73. The molecule has 2 unspecified atom stereocenters. The first-order valence-electron chi connectivity index (χ1n) is 7.27. The molecule has 0 saturated heterocycles. The van der Waals surface area contributed by atoms with Crippen LogP contribution in [0.15, 0.2) is 24.3 Å². The zero-order chi connectivity index (χ0) is 15.1. The van der Waals surface area contributed by atoms with Gasteiger partial charge in [0.25, 0.3) is 0 Å². The summed E-state index contributed by atoms with van der Waals surface area (Å²) in [5.74, 6) is 0.317. The first-order chi connectivity index (χ1) is 9.47. The molecule has 3 N–H and O–H groups in total. The molecule has 1 aromatic rings. The summed E-state index contributed by atoms with van der Waals surface area (Å²) in [4.78, 5) is 2.04. The molecule has 0 aliphatic rings. The highest BCUT2D eigenvalue weighted by molar-refractivity contribution is 5.46. The van der Waals surface area contributed by atoms with Crippen LogP contribution in [0.3, 0.4) is 0 Å². The number of aliphatic hydroxyl groups excluding tert-OH is 2. The smallest absolute Gasteiger partial charge is 0.0945 e. The van der Waals surface area contributed by atoms with Crippen LogP contribution in [0.1, 0.15) is 31.9 Å². The Balaban J connectivity index is 2.75. The second-order valence-corrected chi connectivity index (χ2v) is 5.73. The lowest BCUT2D eigenvalue weighted by Crippen LogP contribution is -2.40. The van der Waals surface area contributed by atoms with Gasteiger partial charge in [-0.05, 0) is 36.6 Å². The van der Waals surface area contributed by atoms with Crippen LogP contribution in [-0.4, -0.2) is 43.5 Å². The molecule has 0 fully saturated rings. The predicted octanol–water partition coefficient (Wildman–Crippen LogP) is 1.78. The number of rotatable bonds is 8. The molecule has 0 aromatic heterocycles. The fourth-order valence-corrected chi connectivity index (χ4v) is 2.24. The van der Waals surface area contributed by atoms with Gasteiger partial charge in [0.05, 0.1) is 6.10 Å². The van der Waals surface area contributed by atoms with Gasteiger partial charge in [-0.2, -0.15) is 0 Å². The number of hydrogen-bond acceptors (Lipinski definition) is 4. The minimum absolute atomic E-state index is 0.00763. The van der Waals surface area contributed by atoms with Gasteiger partial charge < -0.3 is 20.4 Å². The maximum Gasteiger partial charge on any atom is 0.0945 e. The molecule has 0 saturated carbocycles. The number of aliphatic hydroxyl groups is 2. The van der Waals surface area contributed by atoms with Crippen molar-refractivity contribution in [2.75, 3.05) is 32.1 Å². The van der Waals surface area contributed by atoms with Gasteiger partial charge in [0.15, 0.2) is 0 Å². The van der Waals surface area contributed by atoms with Crippen molar-refractivity contribution in [1.29, 1.82) is 0 Å². The van der Waals surface area contributed by atoms with Crippen molar-refractivity contribution < 1.29 is 10.2 Å². The van der Waals surface area contributed by atoms with Crippen LogP contribution in [0.2, 0.25) is 0 Å². The number of anilines is 1. The Morgan fingerprint density at radius 2 is 1.75 bits per heavy atom. The summed E-state index contributed by atoms with van der Waals surface area (Å²) < 4.78 is 0. The van der Waals surface area contributed by atoms with E-state index < -0.39 is 6.10 Å². The fourth-order valence-electron chi connectivity index (χ4n) is 2.24. The van der Waals surface area contributed by atoms with Crippen molar-refractivity contribution in [1.82, 2.24) is 5.32 Å². The topological polar surface area (TPSA) is 55.7 Å². The van der Waals surface area contributed by atoms with Crippen LogP contribution in [-0.2, 0) is 0 Å². The number of hydrogen-bond donors (Lipinski definition) is 3. The van der Waals surface area contributed by atoms with Crippen LogP contribution in [0, 0.1) is 5.92 Å². The molecule has 0 amide bonds. The zero-order valence-electron chi connectivity index (χ0n) is 13.0. The molecular formula is C16H28N2O2. The normalized spacial score (nSPS) is 14.3. The molecule has 0 heterocycles. The van der Waals surface area contributed by atoms with Crippen molar-refractivity contribution in [3.63, 3.8) is 0 Å². The van der Waals surface area contributed by atoms with Crippen LogP contribution < -0.4 is 10.2 Å². The third-order valence-electron chi connectivity index (χ3n) is 3.52. The third-order valence-corrected chi connectivity index (χ3v) is 3.52. The Hall–Kier alpha value is -1.10. The highest BCUT2D eigenvalue weighted by Crippen LogP contribution is 2.24. The highest BCUT2D eigenvalue weighted by atomic mass is 16.3. The summed E-state index contributed by atoms with van der Waals surface area (Å²) in [6.45, 7) is 5.07. The van der Waals surface area contributed by atoms with Gasteiger partial charge in [-0.25, -0.2) is 0 Å². The number of nitrogens with zero attached hydrogens (tertiary/aromatic N) is 1. The number of nitrogens with one attached hydrogen (secondary N) is 1. The van der Waals surface area contributed by atoms with Crippen LogP contribution >= 0.6 is 0 Å². The molecule has 114 valence electrons. The quantitative estimate of drug-likeness (QED) is 0.635. The second kappa shape index (κ2) is 8.25. The average molecular weight is 280 g/mol. The van der Waals surface area contributed by atoms with E-state index in [-0.39, 0.29) is 12.6 Å². The number of benzene rings is 1.